The van der Waals surface area contributed by atoms with E-state index in [-0.39, 0.29) is 85.3 Å². The summed E-state index contributed by atoms with van der Waals surface area (Å²) in [6.45, 7) is -0.206. The molecule has 1 aliphatic heterocycles. The number of para-hydroxylation sites is 1. The highest BCUT2D eigenvalue weighted by Gasteiger charge is 2.13. The van der Waals surface area contributed by atoms with E-state index >= 15 is 0 Å². The molecule has 39 heteroatoms. The molecule has 9 aromatic carbocycles. The number of carbonyl (C=O) groups is 7. The van der Waals surface area contributed by atoms with Crippen molar-refractivity contribution >= 4 is 263 Å². The molecule has 4 heterocycles. The van der Waals surface area contributed by atoms with Gasteiger partial charge in [0.15, 0.2) is 29.0 Å². The zero-order valence-electron chi connectivity index (χ0n) is 65.8. The largest absolute Gasteiger partial charge is 0.478 e. The van der Waals surface area contributed by atoms with E-state index in [9.17, 15) is 33.6 Å². The maximum absolute atomic E-state index is 12.2. The fraction of sp³-hybridized carbons (Fsp3) is 0.0690. The number of allylic oxidation sites excluding steroid dienone is 1. The number of hydrogen-bond donors (Lipinski definition) is 10. The molecule has 0 atom stereocenters. The number of cyclic esters (lactones) is 2. The highest BCUT2D eigenvalue weighted by molar-refractivity contribution is 14.1. The number of thioether (sulfide) groups is 1. The zero-order valence-corrected chi connectivity index (χ0v) is 79.5. The third kappa shape index (κ3) is 43.7. The molecule has 0 saturated carbocycles. The number of ketones is 2. The van der Waals surface area contributed by atoms with Crippen molar-refractivity contribution in [3.8, 4) is 34.2 Å². The number of aliphatic imine (C=N–C) groups is 1. The van der Waals surface area contributed by atoms with Gasteiger partial charge in [0.2, 0.25) is 0 Å². The average Bonchev–Trinajstić information content (AvgIpc) is 1.72. The van der Waals surface area contributed by atoms with Crippen molar-refractivity contribution in [3.05, 3.63) is 354 Å². The van der Waals surface area contributed by atoms with Crippen LogP contribution >= 0.6 is 176 Å². The summed E-state index contributed by atoms with van der Waals surface area (Å²) in [7, 11) is 1.72. The number of nitrogens with zero attached hydrogens (tertiary/aromatic N) is 9. The lowest BCUT2D eigenvalue weighted by molar-refractivity contribution is -0.150. The highest BCUT2D eigenvalue weighted by atomic mass is 127. The molecule has 1 amide bonds. The van der Waals surface area contributed by atoms with Crippen LogP contribution in [0.25, 0.3) is 52.4 Å². The molecule has 12 aromatic rings. The van der Waals surface area contributed by atoms with Crippen LogP contribution in [0, 0.1) is 5.41 Å². The van der Waals surface area contributed by atoms with Crippen LogP contribution in [0.4, 0.5) is 5.69 Å². The summed E-state index contributed by atoms with van der Waals surface area (Å²) in [4.78, 5) is 96.3. The van der Waals surface area contributed by atoms with Crippen LogP contribution in [-0.4, -0.2) is 144 Å². The number of carboxylic acids is 2. The number of ether oxygens (including phenoxy) is 1. The molecule has 126 heavy (non-hydrogen) atoms. The predicted octanol–water partition coefficient (Wildman–Crippen LogP) is 19.7. The van der Waals surface area contributed by atoms with Gasteiger partial charge in [-0.05, 0) is 144 Å². The maximum Gasteiger partial charge on any atom is 0.338 e. The summed E-state index contributed by atoms with van der Waals surface area (Å²) in [5, 5.41) is 52.9. The Bertz CT molecular complexity index is 5790. The van der Waals surface area contributed by atoms with E-state index in [1.165, 1.54) is 30.0 Å². The quantitative estimate of drug-likeness (QED) is 0.00324. The second-order valence-corrected chi connectivity index (χ2v) is 28.0. The van der Waals surface area contributed by atoms with Crippen molar-refractivity contribution in [2.45, 2.75) is 13.8 Å². The van der Waals surface area contributed by atoms with Crippen molar-refractivity contribution < 1.29 is 48.5 Å². The number of aliphatic carboxylic acids is 2. The Labute approximate surface area is 818 Å². The Kier molecular flexibility index (Phi) is 53.9. The van der Waals surface area contributed by atoms with Crippen LogP contribution in [0.5, 0.6) is 0 Å². The van der Waals surface area contributed by atoms with Crippen molar-refractivity contribution in [1.82, 2.24) is 45.5 Å². The molecule has 0 spiro atoms. The molecule has 0 bridgehead atoms. The number of halogens is 10. The van der Waals surface area contributed by atoms with E-state index in [1.807, 2.05) is 126 Å². The number of hydrogen-bond acceptors (Lipinski definition) is 20. The first kappa shape index (κ1) is 111. The number of carbonyl (C=O) groups excluding carboxylic acids is 5. The number of amidine groups is 2. The normalized spacial score (nSPS) is 10.8. The first-order valence-electron chi connectivity index (χ1n) is 35.2. The number of likely N-dealkylation sites (N-methyl/N-ethyl adjacent to an activating group) is 1. The molecule has 656 valence electrons. The lowest BCUT2D eigenvalue weighted by Gasteiger charge is -2.14. The van der Waals surface area contributed by atoms with Gasteiger partial charge in [-0.3, -0.25) is 40.1 Å². The van der Waals surface area contributed by atoms with Crippen LogP contribution in [0.3, 0.4) is 0 Å². The van der Waals surface area contributed by atoms with Crippen molar-refractivity contribution in [2.75, 3.05) is 29.7 Å². The van der Waals surface area contributed by atoms with Crippen LogP contribution in [0.1, 0.15) is 52.7 Å². The topological polar surface area (TPSA) is 450 Å². The third-order valence-corrected chi connectivity index (χ3v) is 17.3. The van der Waals surface area contributed by atoms with Crippen LogP contribution in [0.15, 0.2) is 283 Å². The van der Waals surface area contributed by atoms with E-state index in [4.69, 9.17) is 132 Å². The molecule has 0 fully saturated rings. The number of amides is 1. The van der Waals surface area contributed by atoms with Crippen molar-refractivity contribution in [2.24, 2.45) is 33.1 Å². The average molecular weight is 2220 g/mol. The van der Waals surface area contributed by atoms with E-state index in [0.717, 1.165) is 75.0 Å². The smallest absolute Gasteiger partial charge is 0.338 e. The minimum atomic E-state index is -1.19. The second-order valence-electron chi connectivity index (χ2n) is 23.7. The minimum Gasteiger partial charge on any atom is -0.478 e. The number of hydrazone groups is 1. The van der Waals surface area contributed by atoms with Gasteiger partial charge in [0.25, 0.3) is 5.91 Å². The Morgan fingerprint density at radius 1 is 0.492 bits per heavy atom. The summed E-state index contributed by atoms with van der Waals surface area (Å²) in [5.74, 6) is 4.42. The summed E-state index contributed by atoms with van der Waals surface area (Å²) in [6, 6.07) is 69.0. The lowest BCUT2D eigenvalue weighted by atomic mass is 10.1. The summed E-state index contributed by atoms with van der Waals surface area (Å²) >= 11 is 49.0. The number of nitrogens with two attached hydrogens (primary N) is 4. The standard InChI is InChI=1S/C18H15ClN4O.C18H14ClN3O.C12H11ClN2O3.C11H8ClN3O2.C8H8ClNS.C7H8ClN3.C7H6ClNS.C4H2O3.CH3I.CH4.2HI/c1-23(15-8-3-2-4-9-15)17(24)11-10-16-20-18(22-21-16)13-6-5-7-14(19)12-13;19-15-8-4-7-14(12-15)18-20-17(21-22-18)10-9-16(23)11-13-5-2-1-3-6-13;13-9-3-1-2-8(6-9)12(14)15-7-10(16)4-5-11(17)18;12-8-3-1-2-7(6-8)11-13-9(14-15-11)4-5-10(16)17;1-11-8(10)6-3-2-4-7(9)5-6;8-6-3-1-2-5(4-6)7(9)11-10;8-6-3-1-2-5(4-6)7(9)10;5-3-1-2-4(6)7-3;1-2;;;/h2-12H,1H3,(H,20,21,22);1-10,12H,11H2,(H,20,21,22);1-6H,7H2,(H2,14,15)(H,17,18);1-6H,(H,16,17)(H,13,14,15);2-5,10H,1H3;1-4H,10H2,(H2,9,11);1-4H,(H2,9,10);1-2H;1H3;1H4;2*1H/b11-10-;10-9-;2*5-4-;;;;;;;;. The summed E-state index contributed by atoms with van der Waals surface area (Å²) in [6.07, 6.45) is 14.6. The fourth-order valence-electron chi connectivity index (χ4n) is 9.07. The van der Waals surface area contributed by atoms with Crippen molar-refractivity contribution in [3.63, 3.8) is 0 Å². The summed E-state index contributed by atoms with van der Waals surface area (Å²) < 4.78 is 3.97. The maximum atomic E-state index is 12.2. The number of carboxylic acid groups (broad SMARTS) is 2. The van der Waals surface area contributed by atoms with Crippen molar-refractivity contribution in [1.29, 1.82) is 5.41 Å². The Balaban J connectivity index is 0.000000497. The minimum absolute atomic E-state index is 0. The molecular weight excluding hydrogens is 2140 g/mol. The van der Waals surface area contributed by atoms with Gasteiger partial charge in [0, 0.05) is 124 Å². The van der Waals surface area contributed by atoms with E-state index < -0.39 is 29.7 Å². The second kappa shape index (κ2) is 61.3. The number of rotatable bonds is 20. The third-order valence-electron chi connectivity index (χ3n) is 14.8. The van der Waals surface area contributed by atoms with Gasteiger partial charge < -0.3 is 42.9 Å². The molecule has 14 N–H and O–H groups in total. The number of anilines is 1. The molecule has 0 radical (unpaired) electrons. The molecule has 1 aliphatic rings. The van der Waals surface area contributed by atoms with Crippen LogP contribution in [-0.2, 0) is 44.7 Å². The predicted molar refractivity (Wildman–Crippen MR) is 542 cm³/mol. The molecule has 0 aliphatic carbocycles. The first-order valence-corrected chi connectivity index (χ1v) is 41.6. The van der Waals surface area contributed by atoms with Gasteiger partial charge in [0.1, 0.15) is 40.7 Å². The van der Waals surface area contributed by atoms with E-state index in [2.05, 4.69) is 83.0 Å². The molecule has 0 unspecified atom stereocenters. The summed E-state index contributed by atoms with van der Waals surface area (Å²) in [5.41, 5.74) is 23.7. The van der Waals surface area contributed by atoms with Gasteiger partial charge in [0.05, 0.1) is 5.04 Å². The molecular formula is C87H81Cl7I3N17O10S2. The number of aromatic amines is 3. The van der Waals surface area contributed by atoms with Gasteiger partial charge in [-0.1, -0.05) is 257 Å². The first-order chi connectivity index (χ1) is 58.9. The number of nitrogens with one attached hydrogen (secondary N) is 4. The number of thiocarbonyl (C=S) groups is 1. The monoisotopic (exact) mass is 2210 g/mol. The molecule has 3 aromatic heterocycles. The van der Waals surface area contributed by atoms with E-state index in [1.54, 1.807) is 139 Å². The number of esters is 2. The number of benzene rings is 9. The van der Waals surface area contributed by atoms with Gasteiger partial charge >= 0.3 is 23.9 Å². The fourth-order valence-corrected chi connectivity index (χ4v) is 10.9. The van der Waals surface area contributed by atoms with Gasteiger partial charge in [-0.15, -0.1) is 59.7 Å². The highest BCUT2D eigenvalue weighted by Crippen LogP contribution is 2.24. The number of alkyl halides is 1. The Morgan fingerprint density at radius 2 is 0.849 bits per heavy atom. The van der Waals surface area contributed by atoms with E-state index in [0.29, 0.717) is 92.1 Å². The van der Waals surface area contributed by atoms with Crippen LogP contribution in [0.2, 0.25) is 35.2 Å². The number of aromatic nitrogens is 9. The molecule has 13 rings (SSSR count). The molecule has 27 nitrogen and oxygen atoms in total. The lowest BCUT2D eigenvalue weighted by Crippen LogP contribution is -2.23. The van der Waals surface area contributed by atoms with Gasteiger partial charge in [-0.25, -0.2) is 34.1 Å². The molecule has 0 saturated heterocycles. The Hall–Kier alpha value is -11.1. The number of H-pyrrole nitrogens is 3. The van der Waals surface area contributed by atoms with Gasteiger partial charge in [-0.2, -0.15) is 20.4 Å². The Morgan fingerprint density at radius 3 is 1.21 bits per heavy atom. The van der Waals surface area contributed by atoms with Crippen LogP contribution < -0.4 is 27.9 Å². The zero-order chi connectivity index (χ0) is 90.2. The SMILES string of the molecule is C.CI.CN(C(=O)/C=C\c1nc(-c2cccc(Cl)c2)n[nH]1)c1ccccc1.CSC(=N)c1cccc(Cl)c1.I.I.NC(=NCC(=O)/C=C\C(=O)O)c1cccc(Cl)c1.NC(=S)c1cccc(Cl)c1.NN=C(N)c1cccc(Cl)c1.O=C(/C=C\c1nc(-c2cccc(Cl)c2)n[nH]1)Cc1ccccc1.O=C(O)/C=C\c1nc(-c2cccc(Cl)c2)n[nH]1.O=C1C=CC(=O)O1.